The molecule has 0 radical (unpaired) electrons. The number of ketones is 1. The van der Waals surface area contributed by atoms with Crippen LogP contribution in [-0.4, -0.2) is 57.9 Å². The second kappa shape index (κ2) is 15.6. The number of carbonyl (C=O) groups excluding carboxylic acids is 2. The van der Waals surface area contributed by atoms with Crippen molar-refractivity contribution < 1.29 is 19.1 Å². The van der Waals surface area contributed by atoms with Gasteiger partial charge in [-0.1, -0.05) is 59.6 Å². The second-order valence-electron chi connectivity index (χ2n) is 12.8. The van der Waals surface area contributed by atoms with E-state index >= 15 is 0 Å². The minimum absolute atomic E-state index is 0.122. The minimum Gasteiger partial charge on any atom is -0.480 e. The Morgan fingerprint density at radius 1 is 0.898 bits per heavy atom. The van der Waals surface area contributed by atoms with E-state index in [0.717, 1.165) is 48.9 Å². The highest BCUT2D eigenvalue weighted by atomic mass is 35.5. The molecule has 2 N–H and O–H groups in total. The molecule has 2 aromatic carbocycles. The van der Waals surface area contributed by atoms with Gasteiger partial charge in [0.15, 0.2) is 0 Å². The number of carbonyl (C=O) groups is 2. The Kier molecular flexibility index (Phi) is 11.1. The maximum atomic E-state index is 11.5. The molecule has 2 fully saturated rings. The topological polar surface area (TPSA) is 128 Å². The van der Waals surface area contributed by atoms with Gasteiger partial charge in [-0.2, -0.15) is 0 Å². The van der Waals surface area contributed by atoms with E-state index in [1.807, 2.05) is 36.4 Å². The number of nitrogens with zero attached hydrogens (tertiary/aromatic N) is 4. The number of benzene rings is 2. The molecule has 2 aliphatic rings. The monoisotopic (exact) mass is 702 g/mol. The summed E-state index contributed by atoms with van der Waals surface area (Å²) in [6.07, 6.45) is 9.93. The van der Waals surface area contributed by atoms with Gasteiger partial charge >= 0.3 is 0 Å². The van der Waals surface area contributed by atoms with Gasteiger partial charge in [0.05, 0.1) is 48.0 Å². The Morgan fingerprint density at radius 2 is 1.47 bits per heavy atom. The number of amides is 1. The first-order chi connectivity index (χ1) is 23.7. The van der Waals surface area contributed by atoms with E-state index in [9.17, 15) is 9.59 Å². The molecule has 1 saturated heterocycles. The van der Waals surface area contributed by atoms with Crippen LogP contribution in [0.3, 0.4) is 0 Å². The molecular formula is C37H40Cl2N6O4. The standard InChI is InChI=1S/C37H40Cl2N6O4/c1-21(46)15-22-16-24(17-22)40-20-32-37(49-3)45-31(19-42-32)28-11-6-9-26(35(28)39)25-8-5-10-27(34(25)38)30-18-41-29(36(44-30)48-2)12-4-7-23-13-14-33(47)43-23/h5-6,8-11,18-19,22-24,40H,4,7,12-17,20H2,1-3H3,(H,43,47)/t22?,23-,24?/m1/s1. The van der Waals surface area contributed by atoms with E-state index in [0.29, 0.717) is 87.8 Å². The van der Waals surface area contributed by atoms with Crippen molar-refractivity contribution in [1.82, 2.24) is 30.6 Å². The Morgan fingerprint density at radius 3 is 2.02 bits per heavy atom. The van der Waals surface area contributed by atoms with E-state index in [1.54, 1.807) is 33.5 Å². The average Bonchev–Trinajstić information content (AvgIpc) is 3.50. The van der Waals surface area contributed by atoms with Crippen LogP contribution in [0.2, 0.25) is 10.0 Å². The zero-order chi connectivity index (χ0) is 34.5. The van der Waals surface area contributed by atoms with Crippen molar-refractivity contribution in [3.05, 3.63) is 70.2 Å². The minimum atomic E-state index is 0.122. The van der Waals surface area contributed by atoms with E-state index in [-0.39, 0.29) is 17.7 Å². The van der Waals surface area contributed by atoms with Crippen LogP contribution in [0.15, 0.2) is 48.8 Å². The predicted octanol–water partition coefficient (Wildman–Crippen LogP) is 7.04. The van der Waals surface area contributed by atoms with Crippen LogP contribution >= 0.6 is 23.2 Å². The molecule has 12 heteroatoms. The fourth-order valence-electron chi connectivity index (χ4n) is 6.68. The number of Topliss-reactive ketones (excluding diaryl/α,β-unsaturated/α-hetero) is 1. The quantitative estimate of drug-likeness (QED) is 0.142. The summed E-state index contributed by atoms with van der Waals surface area (Å²) >= 11 is 14.1. The molecule has 1 amide bonds. The normalized spacial score (nSPS) is 18.6. The summed E-state index contributed by atoms with van der Waals surface area (Å²) in [5.74, 6) is 1.69. The van der Waals surface area contributed by atoms with Gasteiger partial charge in [-0.05, 0) is 51.4 Å². The number of rotatable bonds is 14. The summed E-state index contributed by atoms with van der Waals surface area (Å²) in [4.78, 5) is 41.8. The van der Waals surface area contributed by atoms with Crippen LogP contribution in [0, 0.1) is 5.92 Å². The molecular weight excluding hydrogens is 663 g/mol. The number of methoxy groups -OCH3 is 2. The lowest BCUT2D eigenvalue weighted by Crippen LogP contribution is -2.41. The molecule has 4 aromatic rings. The van der Waals surface area contributed by atoms with Gasteiger partial charge in [-0.25, -0.2) is 9.97 Å². The predicted molar refractivity (Wildman–Crippen MR) is 190 cm³/mol. The third-order valence-electron chi connectivity index (χ3n) is 9.27. The van der Waals surface area contributed by atoms with Gasteiger partial charge in [0, 0.05) is 53.7 Å². The van der Waals surface area contributed by atoms with E-state index < -0.39 is 0 Å². The SMILES string of the molecule is COc1nc(-c2cccc(-c3cccc(-c4cnc(CNC5CC(CC(C)=O)C5)c(OC)n4)c3Cl)c2Cl)cnc1CCC[C@@H]1CCC(=O)N1. The van der Waals surface area contributed by atoms with Crippen LogP contribution < -0.4 is 20.1 Å². The molecule has 1 aliphatic carbocycles. The van der Waals surface area contributed by atoms with Crippen LogP contribution in [0.4, 0.5) is 0 Å². The maximum absolute atomic E-state index is 11.5. The third kappa shape index (κ3) is 8.03. The molecule has 10 nitrogen and oxygen atoms in total. The number of nitrogens with one attached hydrogen (secondary N) is 2. The van der Waals surface area contributed by atoms with Crippen molar-refractivity contribution in [3.63, 3.8) is 0 Å². The third-order valence-corrected chi connectivity index (χ3v) is 10.1. The lowest BCUT2D eigenvalue weighted by molar-refractivity contribution is -0.119. The second-order valence-corrected chi connectivity index (χ2v) is 13.5. The molecule has 1 aliphatic heterocycles. The Hall–Kier alpha value is -4.12. The van der Waals surface area contributed by atoms with Crippen LogP contribution in [0.1, 0.15) is 63.3 Å². The molecule has 0 bridgehead atoms. The Labute approximate surface area is 296 Å². The van der Waals surface area contributed by atoms with Crippen molar-refractivity contribution >= 4 is 34.9 Å². The van der Waals surface area contributed by atoms with Crippen LogP contribution in [-0.2, 0) is 22.6 Å². The number of aryl methyl sites for hydroxylation is 1. The molecule has 1 atom stereocenters. The van der Waals surface area contributed by atoms with Gasteiger partial charge in [0.2, 0.25) is 17.7 Å². The molecule has 2 aromatic heterocycles. The molecule has 3 heterocycles. The summed E-state index contributed by atoms with van der Waals surface area (Å²) in [6.45, 7) is 2.16. The van der Waals surface area contributed by atoms with Crippen molar-refractivity contribution in [2.24, 2.45) is 5.92 Å². The maximum Gasteiger partial charge on any atom is 0.237 e. The van der Waals surface area contributed by atoms with Crippen LogP contribution in [0.5, 0.6) is 11.8 Å². The highest BCUT2D eigenvalue weighted by molar-refractivity contribution is 6.39. The highest BCUT2D eigenvalue weighted by Crippen LogP contribution is 2.42. The highest BCUT2D eigenvalue weighted by Gasteiger charge is 2.30. The van der Waals surface area contributed by atoms with E-state index in [2.05, 4.69) is 20.6 Å². The van der Waals surface area contributed by atoms with Gasteiger partial charge in [0.1, 0.15) is 17.2 Å². The van der Waals surface area contributed by atoms with Gasteiger partial charge in [-0.15, -0.1) is 0 Å². The Balaban J connectivity index is 1.19. The number of ether oxygens (including phenoxy) is 2. The van der Waals surface area contributed by atoms with Crippen molar-refractivity contribution in [2.75, 3.05) is 14.2 Å². The fourth-order valence-corrected chi connectivity index (χ4v) is 7.32. The number of hydrogen-bond donors (Lipinski definition) is 2. The smallest absolute Gasteiger partial charge is 0.237 e. The molecule has 0 unspecified atom stereocenters. The summed E-state index contributed by atoms with van der Waals surface area (Å²) < 4.78 is 11.2. The molecule has 1 saturated carbocycles. The van der Waals surface area contributed by atoms with Crippen LogP contribution in [0.25, 0.3) is 33.6 Å². The van der Waals surface area contributed by atoms with Gasteiger partial charge in [-0.3, -0.25) is 14.8 Å². The lowest BCUT2D eigenvalue weighted by atomic mass is 9.77. The zero-order valence-corrected chi connectivity index (χ0v) is 29.4. The summed E-state index contributed by atoms with van der Waals surface area (Å²) in [5, 5.41) is 7.48. The lowest BCUT2D eigenvalue weighted by Gasteiger charge is -2.35. The average molecular weight is 704 g/mol. The first-order valence-electron chi connectivity index (χ1n) is 16.6. The number of halogens is 2. The molecule has 256 valence electrons. The Bertz CT molecular complexity index is 1850. The molecule has 0 spiro atoms. The van der Waals surface area contributed by atoms with Crippen molar-refractivity contribution in [3.8, 4) is 45.4 Å². The first kappa shape index (κ1) is 34.7. The van der Waals surface area contributed by atoms with Gasteiger partial charge < -0.3 is 24.9 Å². The van der Waals surface area contributed by atoms with Crippen molar-refractivity contribution in [2.45, 2.75) is 76.9 Å². The van der Waals surface area contributed by atoms with Crippen molar-refractivity contribution in [1.29, 1.82) is 0 Å². The summed E-state index contributed by atoms with van der Waals surface area (Å²) in [5.41, 5.74) is 5.48. The molecule has 49 heavy (non-hydrogen) atoms. The largest absolute Gasteiger partial charge is 0.480 e. The number of hydrogen-bond acceptors (Lipinski definition) is 9. The fraction of sp³-hybridized carbons (Fsp3) is 0.405. The van der Waals surface area contributed by atoms with Gasteiger partial charge in [0.25, 0.3) is 0 Å². The van der Waals surface area contributed by atoms with E-state index in [4.69, 9.17) is 42.6 Å². The number of aromatic nitrogens is 4. The molecule has 6 rings (SSSR count). The summed E-state index contributed by atoms with van der Waals surface area (Å²) in [7, 11) is 3.16. The first-order valence-corrected chi connectivity index (χ1v) is 17.4. The zero-order valence-electron chi connectivity index (χ0n) is 27.9. The van der Waals surface area contributed by atoms with E-state index in [1.165, 1.54) is 0 Å². The summed E-state index contributed by atoms with van der Waals surface area (Å²) in [6, 6.07) is 12.0.